The summed E-state index contributed by atoms with van der Waals surface area (Å²) >= 11 is 1.47. The molecule has 0 unspecified atom stereocenters. The van der Waals surface area contributed by atoms with Crippen LogP contribution in [0.1, 0.15) is 30.6 Å². The fourth-order valence-corrected chi connectivity index (χ4v) is 6.53. The van der Waals surface area contributed by atoms with Crippen molar-refractivity contribution in [3.8, 4) is 0 Å². The molecule has 2 aliphatic heterocycles. The van der Waals surface area contributed by atoms with Crippen LogP contribution in [0.5, 0.6) is 0 Å². The third-order valence-electron chi connectivity index (χ3n) is 4.20. The molecule has 0 aromatic heterocycles. The van der Waals surface area contributed by atoms with Crippen molar-refractivity contribution >= 4 is 38.4 Å². The molecule has 8 heteroatoms. The summed E-state index contributed by atoms with van der Waals surface area (Å²) in [7, 11) is -2.94. The highest BCUT2D eigenvalue weighted by atomic mass is 32.2. The minimum Gasteiger partial charge on any atom is -0.352 e. The lowest BCUT2D eigenvalue weighted by atomic mass is 10.1. The number of amidine groups is 1. The van der Waals surface area contributed by atoms with E-state index in [1.807, 2.05) is 12.1 Å². The quantitative estimate of drug-likeness (QED) is 0.816. The first-order chi connectivity index (χ1) is 11.8. The number of sulfone groups is 1. The van der Waals surface area contributed by atoms with E-state index in [1.165, 1.54) is 11.8 Å². The number of aliphatic imine (C=N–C) groups is 1. The lowest BCUT2D eigenvalue weighted by molar-refractivity contribution is 0.0952. The molecule has 2 N–H and O–H groups in total. The van der Waals surface area contributed by atoms with Gasteiger partial charge in [-0.1, -0.05) is 31.7 Å². The van der Waals surface area contributed by atoms with Crippen molar-refractivity contribution in [1.29, 1.82) is 0 Å². The van der Waals surface area contributed by atoms with Gasteiger partial charge in [-0.15, -0.1) is 0 Å². The molecule has 0 saturated carbocycles. The van der Waals surface area contributed by atoms with Gasteiger partial charge in [-0.2, -0.15) is 0 Å². The average molecular weight is 382 g/mol. The van der Waals surface area contributed by atoms with Crippen molar-refractivity contribution in [2.75, 3.05) is 23.4 Å². The van der Waals surface area contributed by atoms with Gasteiger partial charge in [-0.3, -0.25) is 9.79 Å². The molecule has 0 bridgehead atoms. The fourth-order valence-electron chi connectivity index (χ4n) is 2.85. The van der Waals surface area contributed by atoms with Gasteiger partial charge in [-0.25, -0.2) is 8.42 Å². The number of amides is 1. The van der Waals surface area contributed by atoms with E-state index in [4.69, 9.17) is 0 Å². The normalized spacial score (nSPS) is 24.0. The molecule has 2 aliphatic rings. The predicted molar refractivity (Wildman–Crippen MR) is 103 cm³/mol. The molecular formula is C17H23N3O3S2. The highest BCUT2D eigenvalue weighted by molar-refractivity contribution is 8.15. The van der Waals surface area contributed by atoms with Gasteiger partial charge in [-0.05, 0) is 30.5 Å². The predicted octanol–water partition coefficient (Wildman–Crippen LogP) is 2.14. The average Bonchev–Trinajstić information content (AvgIpc) is 2.99. The fraction of sp³-hybridized carbons (Fsp3) is 0.529. The number of nitrogens with zero attached hydrogens (tertiary/aromatic N) is 1. The second-order valence-corrected chi connectivity index (χ2v) is 10.3. The van der Waals surface area contributed by atoms with Crippen LogP contribution in [0, 0.1) is 5.92 Å². The topological polar surface area (TPSA) is 87.6 Å². The van der Waals surface area contributed by atoms with Crippen LogP contribution in [-0.4, -0.2) is 48.8 Å². The molecule has 2 heterocycles. The number of fused-ring (bicyclic) bond motifs is 1. The van der Waals surface area contributed by atoms with Gasteiger partial charge in [0.2, 0.25) is 0 Å². The monoisotopic (exact) mass is 381 g/mol. The van der Waals surface area contributed by atoms with E-state index >= 15 is 0 Å². The zero-order valence-corrected chi connectivity index (χ0v) is 16.0. The number of carbonyl (C=O) groups is 1. The Morgan fingerprint density at radius 3 is 2.88 bits per heavy atom. The number of thioether (sulfide) groups is 1. The Kier molecular flexibility index (Phi) is 5.38. The van der Waals surface area contributed by atoms with Crippen molar-refractivity contribution in [2.24, 2.45) is 10.9 Å². The molecule has 0 aliphatic carbocycles. The third kappa shape index (κ3) is 4.76. The van der Waals surface area contributed by atoms with Crippen molar-refractivity contribution in [2.45, 2.75) is 31.6 Å². The molecule has 3 rings (SSSR count). The standard InChI is InChI=1S/C17H23N3O3S2/c1-11(2)6-7-18-16(21)12-4-3-5-13(8-12)19-17-20-14-9-25(22,23)10-15(14)24-17/h3-5,8,11,14-15H,6-7,9-10H2,1-2H3,(H,18,21)(H,19,20)/t14-,15+/m1/s1. The van der Waals surface area contributed by atoms with Crippen LogP contribution < -0.4 is 10.6 Å². The summed E-state index contributed by atoms with van der Waals surface area (Å²) in [6.45, 7) is 4.91. The maximum absolute atomic E-state index is 12.2. The van der Waals surface area contributed by atoms with Gasteiger partial charge in [0.25, 0.3) is 5.91 Å². The van der Waals surface area contributed by atoms with E-state index in [1.54, 1.807) is 12.1 Å². The van der Waals surface area contributed by atoms with E-state index in [2.05, 4.69) is 29.5 Å². The van der Waals surface area contributed by atoms with Crippen LogP contribution in [0.4, 0.5) is 5.69 Å². The maximum Gasteiger partial charge on any atom is 0.251 e. The second kappa shape index (κ2) is 7.37. The Balaban J connectivity index is 1.60. The number of carbonyl (C=O) groups excluding carboxylic acids is 1. The van der Waals surface area contributed by atoms with E-state index in [0.29, 0.717) is 18.0 Å². The van der Waals surface area contributed by atoms with E-state index in [-0.39, 0.29) is 28.7 Å². The molecule has 1 fully saturated rings. The summed E-state index contributed by atoms with van der Waals surface area (Å²) in [6, 6.07) is 7.11. The van der Waals surface area contributed by atoms with Gasteiger partial charge < -0.3 is 10.6 Å². The zero-order chi connectivity index (χ0) is 18.0. The minimum atomic E-state index is -2.94. The molecule has 136 valence electrons. The van der Waals surface area contributed by atoms with Gasteiger partial charge in [0, 0.05) is 23.0 Å². The van der Waals surface area contributed by atoms with Crippen molar-refractivity contribution < 1.29 is 13.2 Å². The lowest BCUT2D eigenvalue weighted by Gasteiger charge is -2.10. The summed E-state index contributed by atoms with van der Waals surface area (Å²) in [5.41, 5.74) is 1.38. The first-order valence-corrected chi connectivity index (χ1v) is 11.1. The number of hydrogen-bond acceptors (Lipinski definition) is 6. The largest absolute Gasteiger partial charge is 0.352 e. The van der Waals surface area contributed by atoms with Crippen LogP contribution in [0.2, 0.25) is 0 Å². The molecule has 0 radical (unpaired) electrons. The number of rotatable bonds is 5. The highest BCUT2D eigenvalue weighted by Crippen LogP contribution is 2.34. The van der Waals surface area contributed by atoms with Crippen molar-refractivity contribution in [3.63, 3.8) is 0 Å². The maximum atomic E-state index is 12.2. The minimum absolute atomic E-state index is 0.00927. The third-order valence-corrected chi connectivity index (χ3v) is 7.34. The van der Waals surface area contributed by atoms with E-state index in [0.717, 1.165) is 17.3 Å². The van der Waals surface area contributed by atoms with Crippen LogP contribution in [-0.2, 0) is 9.84 Å². The second-order valence-electron chi connectivity index (χ2n) is 6.88. The molecule has 1 saturated heterocycles. The molecule has 0 spiro atoms. The van der Waals surface area contributed by atoms with Crippen LogP contribution in [0.3, 0.4) is 0 Å². The lowest BCUT2D eigenvalue weighted by Crippen LogP contribution is -2.25. The van der Waals surface area contributed by atoms with Gasteiger partial charge >= 0.3 is 0 Å². The molecule has 1 aromatic carbocycles. The number of hydrogen-bond donors (Lipinski definition) is 2. The summed E-state index contributed by atoms with van der Waals surface area (Å²) in [5, 5.41) is 6.86. The van der Waals surface area contributed by atoms with Gasteiger partial charge in [0.15, 0.2) is 15.0 Å². The Labute approximate surface area is 152 Å². The Hall–Kier alpha value is -1.54. The van der Waals surface area contributed by atoms with Crippen LogP contribution in [0.15, 0.2) is 29.3 Å². The molecule has 6 nitrogen and oxygen atoms in total. The van der Waals surface area contributed by atoms with Gasteiger partial charge in [0.1, 0.15) is 0 Å². The molecule has 2 atom stereocenters. The number of nitrogens with one attached hydrogen (secondary N) is 2. The van der Waals surface area contributed by atoms with E-state index in [9.17, 15) is 13.2 Å². The molecule has 1 amide bonds. The number of anilines is 1. The van der Waals surface area contributed by atoms with E-state index < -0.39 is 9.84 Å². The SMILES string of the molecule is CC(C)CCNC(=O)c1cccc(NC2=N[C@@H]3CS(=O)(=O)C[C@@H]3S2)c1. The Bertz CT molecular complexity index is 790. The first-order valence-electron chi connectivity index (χ1n) is 8.42. The summed E-state index contributed by atoms with van der Waals surface area (Å²) in [4.78, 5) is 16.7. The molecule has 25 heavy (non-hydrogen) atoms. The first kappa shape index (κ1) is 18.3. The number of benzene rings is 1. The zero-order valence-electron chi connectivity index (χ0n) is 14.4. The Morgan fingerprint density at radius 1 is 1.36 bits per heavy atom. The molecule has 1 aromatic rings. The van der Waals surface area contributed by atoms with Crippen LogP contribution >= 0.6 is 11.8 Å². The van der Waals surface area contributed by atoms with Crippen LogP contribution in [0.25, 0.3) is 0 Å². The summed E-state index contributed by atoms with van der Waals surface area (Å²) in [5.74, 6) is 0.783. The van der Waals surface area contributed by atoms with Crippen molar-refractivity contribution in [3.05, 3.63) is 29.8 Å². The molecular weight excluding hydrogens is 358 g/mol. The smallest absolute Gasteiger partial charge is 0.251 e. The Morgan fingerprint density at radius 2 is 2.16 bits per heavy atom. The highest BCUT2D eigenvalue weighted by Gasteiger charge is 2.42. The van der Waals surface area contributed by atoms with Crippen molar-refractivity contribution in [1.82, 2.24) is 5.32 Å². The summed E-state index contributed by atoms with van der Waals surface area (Å²) < 4.78 is 23.2. The van der Waals surface area contributed by atoms with Gasteiger partial charge in [0.05, 0.1) is 17.5 Å². The summed E-state index contributed by atoms with van der Waals surface area (Å²) in [6.07, 6.45) is 0.947.